The fourth-order valence-electron chi connectivity index (χ4n) is 3.36. The lowest BCUT2D eigenvalue weighted by Gasteiger charge is -2.37. The molecule has 0 unspecified atom stereocenters. The van der Waals surface area contributed by atoms with Gasteiger partial charge in [-0.2, -0.15) is 0 Å². The Kier molecular flexibility index (Phi) is 5.32. The summed E-state index contributed by atoms with van der Waals surface area (Å²) < 4.78 is 5.45. The molecule has 2 rings (SSSR count). The molecule has 2 heteroatoms. The monoisotopic (exact) mass is 289 g/mol. The van der Waals surface area contributed by atoms with Crippen LogP contribution in [0.3, 0.4) is 0 Å². The summed E-state index contributed by atoms with van der Waals surface area (Å²) >= 11 is 0. The van der Waals surface area contributed by atoms with Crippen LogP contribution in [0.25, 0.3) is 0 Å². The van der Waals surface area contributed by atoms with Gasteiger partial charge in [0.1, 0.15) is 5.75 Å². The summed E-state index contributed by atoms with van der Waals surface area (Å²) in [5, 5.41) is 3.76. The molecular formula is C19H31NO. The third-order valence-corrected chi connectivity index (χ3v) is 4.70. The van der Waals surface area contributed by atoms with E-state index in [1.54, 1.807) is 7.11 Å². The van der Waals surface area contributed by atoms with Gasteiger partial charge in [0.05, 0.1) is 7.11 Å². The summed E-state index contributed by atoms with van der Waals surface area (Å²) in [4.78, 5) is 0. The van der Waals surface area contributed by atoms with Crippen molar-refractivity contribution in [3.8, 4) is 5.75 Å². The van der Waals surface area contributed by atoms with Crippen LogP contribution < -0.4 is 10.1 Å². The summed E-state index contributed by atoms with van der Waals surface area (Å²) in [5.41, 5.74) is 1.87. The van der Waals surface area contributed by atoms with Crippen molar-refractivity contribution in [3.05, 3.63) is 29.8 Å². The molecule has 0 amide bonds. The Bertz CT molecular complexity index is 439. The Morgan fingerprint density at radius 2 is 1.76 bits per heavy atom. The Morgan fingerprint density at radius 3 is 2.33 bits per heavy atom. The van der Waals surface area contributed by atoms with E-state index >= 15 is 0 Å². The zero-order valence-corrected chi connectivity index (χ0v) is 14.2. The minimum absolute atomic E-state index is 0.165. The van der Waals surface area contributed by atoms with Crippen molar-refractivity contribution >= 4 is 0 Å². The second-order valence-corrected chi connectivity index (χ2v) is 7.53. The lowest BCUT2D eigenvalue weighted by atomic mass is 9.73. The predicted octanol–water partition coefficient (Wildman–Crippen LogP) is 4.68. The number of rotatable bonds is 4. The Hall–Kier alpha value is -1.02. The van der Waals surface area contributed by atoms with Gasteiger partial charge in [-0.1, -0.05) is 37.8 Å². The van der Waals surface area contributed by atoms with Crippen molar-refractivity contribution in [1.82, 2.24) is 5.32 Å². The molecule has 1 fully saturated rings. The molecule has 118 valence electrons. The van der Waals surface area contributed by atoms with Crippen LogP contribution in [-0.2, 0) is 5.41 Å². The largest absolute Gasteiger partial charge is 0.497 e. The van der Waals surface area contributed by atoms with Crippen molar-refractivity contribution in [3.63, 3.8) is 0 Å². The molecule has 0 bridgehead atoms. The molecular weight excluding hydrogens is 258 g/mol. The fraction of sp³-hybridized carbons (Fsp3) is 0.684. The molecule has 1 N–H and O–H groups in total. The first-order valence-corrected chi connectivity index (χ1v) is 8.35. The molecule has 0 aliphatic heterocycles. The molecule has 21 heavy (non-hydrogen) atoms. The van der Waals surface area contributed by atoms with E-state index in [-0.39, 0.29) is 11.0 Å². The highest BCUT2D eigenvalue weighted by Gasteiger charge is 2.34. The summed E-state index contributed by atoms with van der Waals surface area (Å²) in [6, 6.07) is 8.72. The number of hydrogen-bond acceptors (Lipinski definition) is 2. The van der Waals surface area contributed by atoms with Crippen LogP contribution in [0.1, 0.15) is 64.9 Å². The number of hydrogen-bond donors (Lipinski definition) is 1. The van der Waals surface area contributed by atoms with Crippen LogP contribution in [0, 0.1) is 0 Å². The fourth-order valence-corrected chi connectivity index (χ4v) is 3.36. The van der Waals surface area contributed by atoms with E-state index in [0.29, 0.717) is 0 Å². The first kappa shape index (κ1) is 16.4. The van der Waals surface area contributed by atoms with Crippen LogP contribution in [0.15, 0.2) is 24.3 Å². The summed E-state index contributed by atoms with van der Waals surface area (Å²) in [5.74, 6) is 0.979. The molecule has 1 aliphatic carbocycles. The summed E-state index contributed by atoms with van der Waals surface area (Å²) in [7, 11) is 1.76. The highest BCUT2D eigenvalue weighted by Crippen LogP contribution is 2.39. The molecule has 0 aromatic heterocycles. The minimum atomic E-state index is 0.165. The average Bonchev–Trinajstić information content (AvgIpc) is 2.71. The molecule has 1 aromatic carbocycles. The van der Waals surface area contributed by atoms with E-state index < -0.39 is 0 Å². The molecule has 0 saturated heterocycles. The van der Waals surface area contributed by atoms with E-state index in [4.69, 9.17) is 4.74 Å². The van der Waals surface area contributed by atoms with Crippen LogP contribution in [0.2, 0.25) is 0 Å². The smallest absolute Gasteiger partial charge is 0.119 e. The first-order chi connectivity index (χ1) is 9.95. The van der Waals surface area contributed by atoms with Crippen molar-refractivity contribution in [2.24, 2.45) is 0 Å². The maximum atomic E-state index is 5.45. The van der Waals surface area contributed by atoms with Gasteiger partial charge in [-0.05, 0) is 51.3 Å². The third kappa shape index (κ3) is 4.47. The maximum Gasteiger partial charge on any atom is 0.119 e. The van der Waals surface area contributed by atoms with Gasteiger partial charge in [-0.3, -0.25) is 0 Å². The molecule has 1 saturated carbocycles. The van der Waals surface area contributed by atoms with E-state index in [0.717, 1.165) is 12.3 Å². The molecule has 1 aromatic rings. The topological polar surface area (TPSA) is 21.3 Å². The van der Waals surface area contributed by atoms with Crippen LogP contribution >= 0.6 is 0 Å². The number of nitrogens with one attached hydrogen (secondary N) is 1. The Morgan fingerprint density at radius 1 is 1.10 bits per heavy atom. The van der Waals surface area contributed by atoms with Crippen molar-refractivity contribution < 1.29 is 4.74 Å². The normalized spacial score (nSPS) is 19.0. The maximum absolute atomic E-state index is 5.45. The van der Waals surface area contributed by atoms with Gasteiger partial charge in [0, 0.05) is 17.5 Å². The summed E-state index contributed by atoms with van der Waals surface area (Å²) in [6.45, 7) is 7.82. The van der Waals surface area contributed by atoms with Crippen LogP contribution in [-0.4, -0.2) is 19.2 Å². The van der Waals surface area contributed by atoms with Gasteiger partial charge >= 0.3 is 0 Å². The SMILES string of the molecule is COc1cccc(C2(CNC(C)(C)C)CCCCCC2)c1. The van der Waals surface area contributed by atoms with Crippen LogP contribution in [0.5, 0.6) is 5.75 Å². The molecule has 2 nitrogen and oxygen atoms in total. The zero-order chi connectivity index (χ0) is 15.3. The van der Waals surface area contributed by atoms with E-state index in [1.165, 1.54) is 44.1 Å². The third-order valence-electron chi connectivity index (χ3n) is 4.70. The van der Waals surface area contributed by atoms with Crippen molar-refractivity contribution in [1.29, 1.82) is 0 Å². The van der Waals surface area contributed by atoms with E-state index in [9.17, 15) is 0 Å². The van der Waals surface area contributed by atoms with Gasteiger partial charge < -0.3 is 10.1 Å². The van der Waals surface area contributed by atoms with E-state index in [2.05, 4.69) is 44.3 Å². The number of ether oxygens (including phenoxy) is 1. The van der Waals surface area contributed by atoms with Gasteiger partial charge in [0.25, 0.3) is 0 Å². The second kappa shape index (κ2) is 6.83. The van der Waals surface area contributed by atoms with Gasteiger partial charge in [0.2, 0.25) is 0 Å². The number of benzene rings is 1. The Balaban J connectivity index is 2.29. The second-order valence-electron chi connectivity index (χ2n) is 7.53. The molecule has 0 spiro atoms. The quantitative estimate of drug-likeness (QED) is 0.813. The Labute approximate surface area is 130 Å². The first-order valence-electron chi connectivity index (χ1n) is 8.35. The highest BCUT2D eigenvalue weighted by molar-refractivity contribution is 5.34. The lowest BCUT2D eigenvalue weighted by Crippen LogP contribution is -2.46. The minimum Gasteiger partial charge on any atom is -0.497 e. The molecule has 0 heterocycles. The van der Waals surface area contributed by atoms with Gasteiger partial charge in [0.15, 0.2) is 0 Å². The van der Waals surface area contributed by atoms with Gasteiger partial charge in [-0.25, -0.2) is 0 Å². The molecule has 0 radical (unpaired) electrons. The zero-order valence-electron chi connectivity index (χ0n) is 14.2. The average molecular weight is 289 g/mol. The van der Waals surface area contributed by atoms with Crippen molar-refractivity contribution in [2.75, 3.05) is 13.7 Å². The number of methoxy groups -OCH3 is 1. The van der Waals surface area contributed by atoms with E-state index in [1.807, 2.05) is 6.07 Å². The highest BCUT2D eigenvalue weighted by atomic mass is 16.5. The lowest BCUT2D eigenvalue weighted by molar-refractivity contribution is 0.299. The van der Waals surface area contributed by atoms with Crippen molar-refractivity contribution in [2.45, 2.75) is 70.3 Å². The molecule has 1 aliphatic rings. The summed E-state index contributed by atoms with van der Waals surface area (Å²) in [6.07, 6.45) is 7.99. The van der Waals surface area contributed by atoms with Gasteiger partial charge in [-0.15, -0.1) is 0 Å². The molecule has 0 atom stereocenters. The standard InChI is InChI=1S/C19H31NO/c1-18(2,3)20-15-19(12-7-5-6-8-13-19)16-10-9-11-17(14-16)21-4/h9-11,14,20H,5-8,12-13,15H2,1-4H3. The van der Waals surface area contributed by atoms with Crippen LogP contribution in [0.4, 0.5) is 0 Å². The predicted molar refractivity (Wildman–Crippen MR) is 90.1 cm³/mol.